The number of esters is 1. The van der Waals surface area contributed by atoms with Gasteiger partial charge in [0, 0.05) is 37.7 Å². The third kappa shape index (κ3) is 4.17. The highest BCUT2D eigenvalue weighted by Gasteiger charge is 2.50. The maximum Gasteiger partial charge on any atom is 0.318 e. The summed E-state index contributed by atoms with van der Waals surface area (Å²) >= 11 is 0. The molecule has 3 unspecified atom stereocenters. The Morgan fingerprint density at radius 2 is 2.03 bits per heavy atom. The van der Waals surface area contributed by atoms with Crippen LogP contribution < -0.4 is 15.0 Å². The lowest BCUT2D eigenvalue weighted by molar-refractivity contribution is -0.145. The number of fused-ring (bicyclic) bond motifs is 4. The molecule has 1 aromatic rings. The van der Waals surface area contributed by atoms with Crippen LogP contribution in [-0.2, 0) is 22.5 Å². The number of hydrogen-bond acceptors (Lipinski definition) is 8. The largest absolute Gasteiger partial charge is 0.464 e. The summed E-state index contributed by atoms with van der Waals surface area (Å²) in [4.78, 5) is 26.7. The fourth-order valence-electron chi connectivity index (χ4n) is 7.30. The van der Waals surface area contributed by atoms with Crippen LogP contribution in [0.4, 0.5) is 5.82 Å². The van der Waals surface area contributed by atoms with Gasteiger partial charge in [0.05, 0.1) is 11.2 Å². The second kappa shape index (κ2) is 9.26. The Labute approximate surface area is 202 Å². The SMILES string of the molecule is CCC(=O)OC[C@H]1CCC2(COc3nc4c(c(N5CC6CCC(C6)C5)n3)CCNC4)CCCN12. The van der Waals surface area contributed by atoms with Crippen LogP contribution in [-0.4, -0.2) is 71.8 Å². The van der Waals surface area contributed by atoms with Crippen LogP contribution in [0.15, 0.2) is 0 Å². The molecule has 4 fully saturated rings. The minimum Gasteiger partial charge on any atom is -0.464 e. The van der Waals surface area contributed by atoms with Gasteiger partial charge in [0.1, 0.15) is 19.0 Å². The summed E-state index contributed by atoms with van der Waals surface area (Å²) in [5.41, 5.74) is 2.46. The average molecular weight is 470 g/mol. The van der Waals surface area contributed by atoms with Crippen molar-refractivity contribution >= 4 is 11.8 Å². The van der Waals surface area contributed by atoms with Gasteiger partial charge in [-0.05, 0) is 76.3 Å². The first kappa shape index (κ1) is 22.5. The molecule has 0 aromatic carbocycles. The van der Waals surface area contributed by atoms with E-state index in [1.54, 1.807) is 0 Å². The minimum atomic E-state index is -0.109. The quantitative estimate of drug-likeness (QED) is 0.611. The Morgan fingerprint density at radius 1 is 1.18 bits per heavy atom. The number of anilines is 1. The lowest BCUT2D eigenvalue weighted by atomic mass is 9.95. The van der Waals surface area contributed by atoms with E-state index in [4.69, 9.17) is 19.4 Å². The summed E-state index contributed by atoms with van der Waals surface area (Å²) in [6, 6.07) is 0.840. The monoisotopic (exact) mass is 469 g/mol. The van der Waals surface area contributed by atoms with Gasteiger partial charge in [0.15, 0.2) is 0 Å². The fourth-order valence-corrected chi connectivity index (χ4v) is 7.30. The van der Waals surface area contributed by atoms with Gasteiger partial charge in [-0.2, -0.15) is 9.97 Å². The number of carbonyl (C=O) groups is 1. The van der Waals surface area contributed by atoms with Crippen molar-refractivity contribution in [1.29, 1.82) is 0 Å². The fraction of sp³-hybridized carbons (Fsp3) is 0.808. The average Bonchev–Trinajstić information content (AvgIpc) is 3.53. The molecule has 186 valence electrons. The zero-order valence-electron chi connectivity index (χ0n) is 20.6. The smallest absolute Gasteiger partial charge is 0.318 e. The van der Waals surface area contributed by atoms with Crippen LogP contribution in [0.2, 0.25) is 0 Å². The molecule has 5 heterocycles. The predicted molar refractivity (Wildman–Crippen MR) is 129 cm³/mol. The van der Waals surface area contributed by atoms with Crippen molar-refractivity contribution in [2.75, 3.05) is 44.3 Å². The maximum absolute atomic E-state index is 11.7. The number of hydrogen-bond donors (Lipinski definition) is 1. The summed E-state index contributed by atoms with van der Waals surface area (Å²) in [6.45, 7) is 8.05. The lowest BCUT2D eigenvalue weighted by Gasteiger charge is -2.36. The van der Waals surface area contributed by atoms with E-state index in [9.17, 15) is 4.79 Å². The molecule has 2 bridgehead atoms. The Bertz CT molecular complexity index is 914. The van der Waals surface area contributed by atoms with Crippen LogP contribution in [0, 0.1) is 11.8 Å². The molecule has 3 saturated heterocycles. The molecule has 8 nitrogen and oxygen atoms in total. The van der Waals surface area contributed by atoms with Crippen LogP contribution >= 0.6 is 0 Å². The zero-order valence-corrected chi connectivity index (χ0v) is 20.6. The topological polar surface area (TPSA) is 79.8 Å². The molecule has 0 spiro atoms. The van der Waals surface area contributed by atoms with Crippen molar-refractivity contribution in [2.45, 2.75) is 82.8 Å². The van der Waals surface area contributed by atoms with Crippen molar-refractivity contribution in [2.24, 2.45) is 11.8 Å². The van der Waals surface area contributed by atoms with Crippen molar-refractivity contribution in [1.82, 2.24) is 20.2 Å². The second-order valence-corrected chi connectivity index (χ2v) is 11.2. The van der Waals surface area contributed by atoms with E-state index >= 15 is 0 Å². The molecular weight excluding hydrogens is 430 g/mol. The van der Waals surface area contributed by atoms with Gasteiger partial charge >= 0.3 is 12.0 Å². The summed E-state index contributed by atoms with van der Waals surface area (Å²) in [7, 11) is 0. The molecule has 6 rings (SSSR count). The van der Waals surface area contributed by atoms with E-state index < -0.39 is 0 Å². The van der Waals surface area contributed by atoms with Gasteiger partial charge < -0.3 is 19.7 Å². The summed E-state index contributed by atoms with van der Waals surface area (Å²) in [5.74, 6) is 2.66. The van der Waals surface area contributed by atoms with Crippen molar-refractivity contribution in [3.8, 4) is 6.01 Å². The Morgan fingerprint density at radius 3 is 2.85 bits per heavy atom. The van der Waals surface area contributed by atoms with E-state index in [2.05, 4.69) is 15.1 Å². The highest BCUT2D eigenvalue weighted by Crippen LogP contribution is 2.43. The van der Waals surface area contributed by atoms with Crippen LogP contribution in [0.5, 0.6) is 6.01 Å². The molecule has 5 aliphatic rings. The molecule has 1 aliphatic carbocycles. The van der Waals surface area contributed by atoms with Gasteiger partial charge in [-0.3, -0.25) is 9.69 Å². The number of nitrogens with zero attached hydrogens (tertiary/aromatic N) is 4. The van der Waals surface area contributed by atoms with Crippen molar-refractivity contribution < 1.29 is 14.3 Å². The van der Waals surface area contributed by atoms with Gasteiger partial charge in [-0.25, -0.2) is 0 Å². The number of piperidine rings is 1. The van der Waals surface area contributed by atoms with Gasteiger partial charge in [0.25, 0.3) is 0 Å². The van der Waals surface area contributed by atoms with E-state index in [-0.39, 0.29) is 11.5 Å². The van der Waals surface area contributed by atoms with E-state index in [0.29, 0.717) is 31.7 Å². The Balaban J connectivity index is 1.19. The minimum absolute atomic E-state index is 0.0190. The molecule has 1 aromatic heterocycles. The van der Waals surface area contributed by atoms with E-state index in [1.165, 1.54) is 31.2 Å². The normalized spacial score (nSPS) is 32.5. The standard InChI is InChI=1S/C26H39N5O3/c1-2-23(32)33-16-20-6-9-26(8-3-11-31(20)26)17-34-25-28-22-13-27-10-7-21(22)24(29-25)30-14-18-4-5-19(12-18)15-30/h18-20,27H,2-17H2,1H3/t18?,19?,20-,26?/m1/s1. The molecular formula is C26H39N5O3. The van der Waals surface area contributed by atoms with Gasteiger partial charge in [-0.1, -0.05) is 6.92 Å². The molecule has 1 saturated carbocycles. The molecule has 0 radical (unpaired) electrons. The Kier molecular flexibility index (Phi) is 6.14. The first-order valence-electron chi connectivity index (χ1n) is 13.5. The molecule has 4 aliphatic heterocycles. The number of carbonyl (C=O) groups excluding carboxylic acids is 1. The Hall–Kier alpha value is -1.93. The zero-order chi connectivity index (χ0) is 23.1. The third-order valence-electron chi connectivity index (χ3n) is 9.03. The van der Waals surface area contributed by atoms with Gasteiger partial charge in [-0.15, -0.1) is 0 Å². The van der Waals surface area contributed by atoms with Crippen LogP contribution in [0.25, 0.3) is 0 Å². The maximum atomic E-state index is 11.7. The molecule has 34 heavy (non-hydrogen) atoms. The van der Waals surface area contributed by atoms with Crippen molar-refractivity contribution in [3.63, 3.8) is 0 Å². The summed E-state index contributed by atoms with van der Waals surface area (Å²) < 4.78 is 11.9. The van der Waals surface area contributed by atoms with E-state index in [0.717, 1.165) is 81.8 Å². The van der Waals surface area contributed by atoms with Crippen molar-refractivity contribution in [3.05, 3.63) is 11.3 Å². The first-order chi connectivity index (χ1) is 16.6. The van der Waals surface area contributed by atoms with Crippen LogP contribution in [0.3, 0.4) is 0 Å². The van der Waals surface area contributed by atoms with Crippen LogP contribution in [0.1, 0.15) is 69.5 Å². The number of ether oxygens (including phenoxy) is 2. The molecule has 1 N–H and O–H groups in total. The number of nitrogens with one attached hydrogen (secondary N) is 1. The highest BCUT2D eigenvalue weighted by molar-refractivity contribution is 5.68. The third-order valence-corrected chi connectivity index (χ3v) is 9.03. The summed E-state index contributed by atoms with van der Waals surface area (Å²) in [5, 5.41) is 3.48. The summed E-state index contributed by atoms with van der Waals surface area (Å²) in [6.07, 6.45) is 9.98. The number of aromatic nitrogens is 2. The second-order valence-electron chi connectivity index (χ2n) is 11.2. The molecule has 8 heteroatoms. The first-order valence-corrected chi connectivity index (χ1v) is 13.5. The molecule has 0 amide bonds. The predicted octanol–water partition coefficient (Wildman–Crippen LogP) is 2.69. The molecule has 4 atom stereocenters. The van der Waals surface area contributed by atoms with E-state index in [1.807, 2.05) is 6.92 Å². The highest BCUT2D eigenvalue weighted by atomic mass is 16.5. The lowest BCUT2D eigenvalue weighted by Crippen LogP contribution is -2.48. The van der Waals surface area contributed by atoms with Gasteiger partial charge in [0.2, 0.25) is 0 Å². The number of rotatable bonds is 7.